The molecule has 0 atom stereocenters. The predicted molar refractivity (Wildman–Crippen MR) is 87.6 cm³/mol. The predicted octanol–water partition coefficient (Wildman–Crippen LogP) is 3.57. The van der Waals surface area contributed by atoms with E-state index in [4.69, 9.17) is 20.2 Å². The molecule has 0 amide bonds. The van der Waals surface area contributed by atoms with Crippen LogP contribution in [0.1, 0.15) is 0 Å². The van der Waals surface area contributed by atoms with E-state index >= 15 is 0 Å². The maximum Gasteiger partial charge on any atom is 0.234 e. The van der Waals surface area contributed by atoms with E-state index < -0.39 is 9.05 Å². The van der Waals surface area contributed by atoms with Crippen molar-refractivity contribution >= 4 is 46.4 Å². The van der Waals surface area contributed by atoms with E-state index in [-0.39, 0.29) is 12.4 Å². The van der Waals surface area contributed by atoms with Gasteiger partial charge in [-0.05, 0) is 32.8 Å². The van der Waals surface area contributed by atoms with Crippen LogP contribution in [-0.2, 0) is 13.8 Å². The van der Waals surface area contributed by atoms with Gasteiger partial charge in [-0.25, -0.2) is 8.42 Å². The second-order valence-corrected chi connectivity index (χ2v) is 7.99. The van der Waals surface area contributed by atoms with Crippen LogP contribution in [-0.4, -0.2) is 34.0 Å². The van der Waals surface area contributed by atoms with Crippen LogP contribution < -0.4 is 4.74 Å². The first kappa shape index (κ1) is 16.5. The van der Waals surface area contributed by atoms with Crippen LogP contribution in [0.25, 0.3) is 10.8 Å². The molecule has 0 N–H and O–H groups in total. The first-order valence-corrected chi connectivity index (χ1v) is 9.54. The molecule has 4 nitrogen and oxygen atoms in total. The number of halogens is 2. The molecule has 0 saturated heterocycles. The van der Waals surface area contributed by atoms with E-state index in [0.29, 0.717) is 13.2 Å². The monoisotopic (exact) mass is 392 g/mol. The van der Waals surface area contributed by atoms with Crippen molar-refractivity contribution in [3.8, 4) is 5.75 Å². The molecule has 114 valence electrons. The van der Waals surface area contributed by atoms with Crippen molar-refractivity contribution in [2.45, 2.75) is 0 Å². The van der Waals surface area contributed by atoms with Gasteiger partial charge in [-0.15, -0.1) is 0 Å². The minimum absolute atomic E-state index is 0.0636. The van der Waals surface area contributed by atoms with Gasteiger partial charge < -0.3 is 9.47 Å². The lowest BCUT2D eigenvalue weighted by Crippen LogP contribution is -2.12. The molecule has 0 saturated carbocycles. The summed E-state index contributed by atoms with van der Waals surface area (Å²) in [6.45, 7) is 0.693. The van der Waals surface area contributed by atoms with Gasteiger partial charge in [-0.3, -0.25) is 0 Å². The lowest BCUT2D eigenvalue weighted by atomic mass is 10.1. The fourth-order valence-corrected chi connectivity index (χ4v) is 2.91. The zero-order chi connectivity index (χ0) is 15.3. The van der Waals surface area contributed by atoms with Crippen molar-refractivity contribution in [3.63, 3.8) is 0 Å². The maximum atomic E-state index is 10.7. The van der Waals surface area contributed by atoms with Crippen LogP contribution in [0.15, 0.2) is 40.9 Å². The van der Waals surface area contributed by atoms with Gasteiger partial charge in [-0.2, -0.15) is 0 Å². The maximum absolute atomic E-state index is 10.7. The highest BCUT2D eigenvalue weighted by molar-refractivity contribution is 9.10. The molecule has 0 fully saturated rings. The first-order valence-electron chi connectivity index (χ1n) is 6.27. The van der Waals surface area contributed by atoms with Crippen molar-refractivity contribution in [2.24, 2.45) is 0 Å². The molecular formula is C14H14BrClO4S. The second kappa shape index (κ2) is 7.45. The number of ether oxygens (including phenoxy) is 2. The Labute approximate surface area is 136 Å². The van der Waals surface area contributed by atoms with Gasteiger partial charge in [0.1, 0.15) is 12.4 Å². The minimum atomic E-state index is -3.50. The van der Waals surface area contributed by atoms with E-state index in [0.717, 1.165) is 21.0 Å². The Kier molecular flexibility index (Phi) is 5.87. The quantitative estimate of drug-likeness (QED) is 0.533. The van der Waals surface area contributed by atoms with Gasteiger partial charge in [0.2, 0.25) is 9.05 Å². The molecule has 21 heavy (non-hydrogen) atoms. The van der Waals surface area contributed by atoms with Gasteiger partial charge in [0.15, 0.2) is 0 Å². The van der Waals surface area contributed by atoms with Crippen molar-refractivity contribution in [3.05, 3.63) is 40.9 Å². The number of rotatable bonds is 7. The van der Waals surface area contributed by atoms with Crippen LogP contribution in [0.3, 0.4) is 0 Å². The van der Waals surface area contributed by atoms with Crippen LogP contribution >= 0.6 is 26.6 Å². The summed E-state index contributed by atoms with van der Waals surface area (Å²) >= 11 is 3.53. The molecule has 2 aromatic rings. The highest BCUT2D eigenvalue weighted by Gasteiger charge is 2.06. The fourth-order valence-electron chi connectivity index (χ4n) is 1.80. The Morgan fingerprint density at radius 3 is 2.57 bits per heavy atom. The average molecular weight is 394 g/mol. The topological polar surface area (TPSA) is 52.6 Å². The largest absolute Gasteiger partial charge is 0.490 e. The summed E-state index contributed by atoms with van der Waals surface area (Å²) in [7, 11) is 1.58. The lowest BCUT2D eigenvalue weighted by Gasteiger charge is -2.10. The van der Waals surface area contributed by atoms with Crippen molar-refractivity contribution < 1.29 is 17.9 Å². The highest BCUT2D eigenvalue weighted by atomic mass is 79.9. The van der Waals surface area contributed by atoms with E-state index in [9.17, 15) is 8.42 Å². The zero-order valence-electron chi connectivity index (χ0n) is 11.1. The number of hydrogen-bond donors (Lipinski definition) is 0. The smallest absolute Gasteiger partial charge is 0.234 e. The Hall–Kier alpha value is -0.820. The second-order valence-electron chi connectivity index (χ2n) is 4.30. The third kappa shape index (κ3) is 5.14. The molecule has 7 heteroatoms. The summed E-state index contributed by atoms with van der Waals surface area (Å²) in [6.07, 6.45) is 0. The fraction of sp³-hybridized carbons (Fsp3) is 0.286. The van der Waals surface area contributed by atoms with E-state index in [2.05, 4.69) is 15.9 Å². The molecule has 0 aliphatic heterocycles. The molecule has 2 aromatic carbocycles. The van der Waals surface area contributed by atoms with Gasteiger partial charge in [0, 0.05) is 10.7 Å². The summed E-state index contributed by atoms with van der Waals surface area (Å²) in [4.78, 5) is 0. The third-order valence-electron chi connectivity index (χ3n) is 2.78. The van der Waals surface area contributed by atoms with Crippen LogP contribution in [0.5, 0.6) is 5.75 Å². The zero-order valence-corrected chi connectivity index (χ0v) is 14.2. The number of fused-ring (bicyclic) bond motifs is 1. The summed E-state index contributed by atoms with van der Waals surface area (Å²) < 4.78 is 33.1. The van der Waals surface area contributed by atoms with Crippen molar-refractivity contribution in [1.29, 1.82) is 0 Å². The third-order valence-corrected chi connectivity index (χ3v) is 4.72. The minimum Gasteiger partial charge on any atom is -0.490 e. The first-order chi connectivity index (χ1) is 9.97. The molecule has 0 radical (unpaired) electrons. The van der Waals surface area contributed by atoms with Crippen LogP contribution in [0.2, 0.25) is 0 Å². The Balaban J connectivity index is 1.85. The van der Waals surface area contributed by atoms with Gasteiger partial charge in [0.05, 0.1) is 23.4 Å². The molecule has 2 rings (SSSR count). The molecule has 0 bridgehead atoms. The lowest BCUT2D eigenvalue weighted by molar-refractivity contribution is 0.111. The molecular weight excluding hydrogens is 380 g/mol. The SMILES string of the molecule is O=S(=O)(Cl)CCOCCOc1ccc2ccccc2c1Br. The number of hydrogen-bond acceptors (Lipinski definition) is 4. The highest BCUT2D eigenvalue weighted by Crippen LogP contribution is 2.32. The standard InChI is InChI=1S/C14H14BrClO4S/c15-14-12-4-2-1-3-11(12)5-6-13(14)20-8-7-19-9-10-21(16,17)18/h1-6H,7-10H2. The van der Waals surface area contributed by atoms with E-state index in [1.54, 1.807) is 0 Å². The average Bonchev–Trinajstić information content (AvgIpc) is 2.44. The summed E-state index contributed by atoms with van der Waals surface area (Å²) in [5, 5.41) is 2.20. The Bertz CT molecular complexity index is 718. The van der Waals surface area contributed by atoms with Gasteiger partial charge >= 0.3 is 0 Å². The van der Waals surface area contributed by atoms with Gasteiger partial charge in [0.25, 0.3) is 0 Å². The van der Waals surface area contributed by atoms with Crippen molar-refractivity contribution in [2.75, 3.05) is 25.6 Å². The Morgan fingerprint density at radius 2 is 1.81 bits per heavy atom. The van der Waals surface area contributed by atoms with Crippen molar-refractivity contribution in [1.82, 2.24) is 0 Å². The molecule has 0 aliphatic carbocycles. The van der Waals surface area contributed by atoms with Crippen LogP contribution in [0.4, 0.5) is 0 Å². The number of benzene rings is 2. The summed E-state index contributed by atoms with van der Waals surface area (Å²) in [5.74, 6) is 0.524. The summed E-state index contributed by atoms with van der Waals surface area (Å²) in [6, 6.07) is 11.8. The Morgan fingerprint density at radius 1 is 1.05 bits per heavy atom. The van der Waals surface area contributed by atoms with E-state index in [1.807, 2.05) is 36.4 Å². The molecule has 0 aromatic heterocycles. The normalized spacial score (nSPS) is 11.7. The summed E-state index contributed by atoms with van der Waals surface area (Å²) in [5.41, 5.74) is 0. The molecule has 0 aliphatic rings. The molecule has 0 spiro atoms. The molecule has 0 heterocycles. The molecule has 0 unspecified atom stereocenters. The van der Waals surface area contributed by atoms with Crippen LogP contribution in [0, 0.1) is 0 Å². The van der Waals surface area contributed by atoms with E-state index in [1.165, 1.54) is 0 Å². The van der Waals surface area contributed by atoms with Gasteiger partial charge in [-0.1, -0.05) is 30.3 Å².